The average molecular weight is 283 g/mol. The highest BCUT2D eigenvalue weighted by molar-refractivity contribution is 6.31. The Morgan fingerprint density at radius 2 is 1.89 bits per heavy atom. The number of carboxylic acids is 1. The summed E-state index contributed by atoms with van der Waals surface area (Å²) < 4.78 is 27.8. The smallest absolute Gasteiger partial charge is 0.336 e. The summed E-state index contributed by atoms with van der Waals surface area (Å²) >= 11 is 5.71. The van der Waals surface area contributed by atoms with Crippen LogP contribution in [0.15, 0.2) is 30.3 Å². The van der Waals surface area contributed by atoms with Crippen molar-refractivity contribution in [2.75, 3.05) is 0 Å². The lowest BCUT2D eigenvalue weighted by atomic mass is 9.97. The number of carboxylic acid groups (broad SMARTS) is 1. The Kier molecular flexibility index (Phi) is 3.53. The maximum Gasteiger partial charge on any atom is 0.336 e. The second kappa shape index (κ2) is 4.97. The molecule has 0 heterocycles. The Labute approximate surface area is 113 Å². The Morgan fingerprint density at radius 3 is 2.53 bits per heavy atom. The van der Waals surface area contributed by atoms with Crippen LogP contribution in [-0.4, -0.2) is 11.1 Å². The van der Waals surface area contributed by atoms with E-state index >= 15 is 0 Å². The van der Waals surface area contributed by atoms with Crippen LogP contribution in [0.4, 0.5) is 8.78 Å². The predicted octanol–water partition coefficient (Wildman–Crippen LogP) is 4.29. The first kappa shape index (κ1) is 13.5. The first-order valence-electron chi connectivity index (χ1n) is 5.39. The monoisotopic (exact) mass is 282 g/mol. The van der Waals surface area contributed by atoms with E-state index in [9.17, 15) is 13.6 Å². The minimum absolute atomic E-state index is 0.0319. The Bertz CT molecular complexity index is 669. The number of aryl methyl sites for hydroxylation is 1. The van der Waals surface area contributed by atoms with Gasteiger partial charge in [-0.3, -0.25) is 0 Å². The lowest BCUT2D eigenvalue weighted by Gasteiger charge is -2.10. The number of carbonyl (C=O) groups is 1. The van der Waals surface area contributed by atoms with Gasteiger partial charge in [-0.25, -0.2) is 13.6 Å². The fraction of sp³-hybridized carbons (Fsp3) is 0.0714. The summed E-state index contributed by atoms with van der Waals surface area (Å²) in [4.78, 5) is 11.2. The van der Waals surface area contributed by atoms with Gasteiger partial charge >= 0.3 is 5.97 Å². The molecule has 0 radical (unpaired) electrons. The number of rotatable bonds is 2. The molecule has 98 valence electrons. The molecule has 0 aliphatic carbocycles. The van der Waals surface area contributed by atoms with Crippen molar-refractivity contribution in [2.45, 2.75) is 6.92 Å². The first-order valence-corrected chi connectivity index (χ1v) is 5.77. The lowest BCUT2D eigenvalue weighted by Crippen LogP contribution is -2.02. The molecule has 0 saturated heterocycles. The molecule has 0 saturated carbocycles. The van der Waals surface area contributed by atoms with Gasteiger partial charge in [0.1, 0.15) is 11.6 Å². The summed E-state index contributed by atoms with van der Waals surface area (Å²) in [6.07, 6.45) is 0. The quantitative estimate of drug-likeness (QED) is 0.892. The highest BCUT2D eigenvalue weighted by atomic mass is 35.5. The van der Waals surface area contributed by atoms with Crippen LogP contribution in [0.1, 0.15) is 15.9 Å². The third-order valence-corrected chi connectivity index (χ3v) is 3.00. The van der Waals surface area contributed by atoms with Crippen LogP contribution in [0.2, 0.25) is 5.02 Å². The van der Waals surface area contributed by atoms with Gasteiger partial charge in [-0.15, -0.1) is 0 Å². The van der Waals surface area contributed by atoms with Crippen molar-refractivity contribution in [3.8, 4) is 11.1 Å². The molecule has 1 N–H and O–H groups in total. The van der Waals surface area contributed by atoms with Crippen LogP contribution in [0.5, 0.6) is 0 Å². The molecule has 2 aromatic rings. The molecule has 5 heteroatoms. The average Bonchev–Trinajstić information content (AvgIpc) is 2.36. The molecule has 0 aliphatic heterocycles. The van der Waals surface area contributed by atoms with Crippen molar-refractivity contribution in [3.63, 3.8) is 0 Å². The summed E-state index contributed by atoms with van der Waals surface area (Å²) in [7, 11) is 0. The first-order chi connectivity index (χ1) is 8.91. The second-order valence-corrected chi connectivity index (χ2v) is 4.48. The SMILES string of the molecule is Cc1ccc(F)c(-c2ccc(Cl)cc2C(=O)O)c1F. The second-order valence-electron chi connectivity index (χ2n) is 4.05. The Balaban J connectivity index is 2.79. The topological polar surface area (TPSA) is 37.3 Å². The highest BCUT2D eigenvalue weighted by Crippen LogP contribution is 2.32. The van der Waals surface area contributed by atoms with Gasteiger partial charge in [-0.05, 0) is 30.7 Å². The predicted molar refractivity (Wildman–Crippen MR) is 68.5 cm³/mol. The van der Waals surface area contributed by atoms with E-state index in [0.717, 1.165) is 6.07 Å². The normalized spacial score (nSPS) is 10.5. The van der Waals surface area contributed by atoms with Crippen molar-refractivity contribution in [1.29, 1.82) is 0 Å². The zero-order valence-corrected chi connectivity index (χ0v) is 10.6. The molecule has 0 unspecified atom stereocenters. The van der Waals surface area contributed by atoms with Crippen LogP contribution in [0, 0.1) is 18.6 Å². The summed E-state index contributed by atoms with van der Waals surface area (Å²) in [6.45, 7) is 1.48. The summed E-state index contributed by atoms with van der Waals surface area (Å²) in [5.41, 5.74) is -0.386. The van der Waals surface area contributed by atoms with Gasteiger partial charge < -0.3 is 5.11 Å². The number of halogens is 3. The largest absolute Gasteiger partial charge is 0.478 e. The summed E-state index contributed by atoms with van der Waals surface area (Å²) in [5, 5.41) is 9.29. The molecular weight excluding hydrogens is 274 g/mol. The maximum absolute atomic E-state index is 14.0. The minimum Gasteiger partial charge on any atom is -0.478 e. The molecule has 19 heavy (non-hydrogen) atoms. The fourth-order valence-electron chi connectivity index (χ4n) is 1.81. The van der Waals surface area contributed by atoms with E-state index in [-0.39, 0.29) is 27.3 Å². The van der Waals surface area contributed by atoms with E-state index in [1.165, 1.54) is 31.2 Å². The van der Waals surface area contributed by atoms with Gasteiger partial charge in [0.15, 0.2) is 0 Å². The van der Waals surface area contributed by atoms with Gasteiger partial charge in [-0.2, -0.15) is 0 Å². The van der Waals surface area contributed by atoms with Gasteiger partial charge in [0, 0.05) is 10.6 Å². The summed E-state index contributed by atoms with van der Waals surface area (Å²) in [6, 6.07) is 6.26. The van der Waals surface area contributed by atoms with Crippen molar-refractivity contribution in [2.24, 2.45) is 0 Å². The number of hydrogen-bond acceptors (Lipinski definition) is 1. The van der Waals surface area contributed by atoms with Crippen LogP contribution in [-0.2, 0) is 0 Å². The summed E-state index contributed by atoms with van der Waals surface area (Å²) in [5.74, 6) is -2.88. The van der Waals surface area contributed by atoms with Gasteiger partial charge in [0.05, 0.1) is 11.1 Å². The third kappa shape index (κ3) is 2.44. The van der Waals surface area contributed by atoms with E-state index < -0.39 is 17.6 Å². The highest BCUT2D eigenvalue weighted by Gasteiger charge is 2.20. The molecular formula is C14H9ClF2O2. The third-order valence-electron chi connectivity index (χ3n) is 2.77. The van der Waals surface area contributed by atoms with E-state index in [1.807, 2.05) is 0 Å². The number of aromatic carboxylic acids is 1. The zero-order valence-electron chi connectivity index (χ0n) is 9.88. The van der Waals surface area contributed by atoms with E-state index in [2.05, 4.69) is 0 Å². The van der Waals surface area contributed by atoms with Crippen molar-refractivity contribution in [1.82, 2.24) is 0 Å². The molecule has 0 aromatic heterocycles. The molecule has 2 nitrogen and oxygen atoms in total. The molecule has 0 atom stereocenters. The standard InChI is InChI=1S/C14H9ClF2O2/c1-7-2-5-11(16)12(13(7)17)9-4-3-8(15)6-10(9)14(18)19/h2-6H,1H3,(H,18,19). The fourth-order valence-corrected chi connectivity index (χ4v) is 1.99. The Morgan fingerprint density at radius 1 is 1.21 bits per heavy atom. The Hall–Kier alpha value is -1.94. The zero-order chi connectivity index (χ0) is 14.2. The van der Waals surface area contributed by atoms with E-state index in [4.69, 9.17) is 16.7 Å². The number of benzene rings is 2. The number of hydrogen-bond donors (Lipinski definition) is 1. The van der Waals surface area contributed by atoms with E-state index in [0.29, 0.717) is 0 Å². The molecule has 0 aliphatic rings. The lowest BCUT2D eigenvalue weighted by molar-refractivity contribution is 0.0697. The van der Waals surface area contributed by atoms with Crippen LogP contribution in [0.25, 0.3) is 11.1 Å². The van der Waals surface area contributed by atoms with Gasteiger partial charge in [0.25, 0.3) is 0 Å². The molecule has 0 spiro atoms. The minimum atomic E-state index is -1.29. The molecule has 2 rings (SSSR count). The van der Waals surface area contributed by atoms with Crippen molar-refractivity contribution < 1.29 is 18.7 Å². The molecule has 0 bridgehead atoms. The maximum atomic E-state index is 14.0. The van der Waals surface area contributed by atoms with Crippen molar-refractivity contribution >= 4 is 17.6 Å². The molecule has 2 aromatic carbocycles. The van der Waals surface area contributed by atoms with Crippen LogP contribution >= 0.6 is 11.6 Å². The van der Waals surface area contributed by atoms with Gasteiger partial charge in [0.2, 0.25) is 0 Å². The van der Waals surface area contributed by atoms with Crippen molar-refractivity contribution in [3.05, 3.63) is 58.1 Å². The van der Waals surface area contributed by atoms with Crippen LogP contribution in [0.3, 0.4) is 0 Å². The van der Waals surface area contributed by atoms with Crippen LogP contribution < -0.4 is 0 Å². The van der Waals surface area contributed by atoms with Gasteiger partial charge in [-0.1, -0.05) is 23.7 Å². The van der Waals surface area contributed by atoms with E-state index in [1.54, 1.807) is 0 Å². The molecule has 0 amide bonds. The molecule has 0 fully saturated rings.